The highest BCUT2D eigenvalue weighted by Crippen LogP contribution is 2.14. The van der Waals surface area contributed by atoms with Gasteiger partial charge in [0.25, 0.3) is 0 Å². The minimum absolute atomic E-state index is 0.0489. The molecule has 0 radical (unpaired) electrons. The lowest BCUT2D eigenvalue weighted by Crippen LogP contribution is -2.37. The summed E-state index contributed by atoms with van der Waals surface area (Å²) >= 11 is 0. The fraction of sp³-hybridized carbons (Fsp3) is 0.294. The molecule has 1 aromatic carbocycles. The highest BCUT2D eigenvalue weighted by atomic mass is 15.3. The summed E-state index contributed by atoms with van der Waals surface area (Å²) in [5.41, 5.74) is 7.90. The Balaban J connectivity index is 2.17. The van der Waals surface area contributed by atoms with E-state index in [1.165, 1.54) is 5.56 Å². The van der Waals surface area contributed by atoms with Gasteiger partial charge in [0.15, 0.2) is 5.96 Å². The second kappa shape index (κ2) is 7.43. The Morgan fingerprint density at radius 1 is 1.14 bits per heavy atom. The topological polar surface area (TPSA) is 66.0 Å². The fourth-order valence-electron chi connectivity index (χ4n) is 2.20. The first-order valence-electron chi connectivity index (χ1n) is 7.32. The Hall–Kier alpha value is -2.36. The minimum atomic E-state index is 0.0489. The monoisotopic (exact) mass is 282 g/mol. The molecule has 2 rings (SSSR count). The Morgan fingerprint density at radius 3 is 2.57 bits per heavy atom. The molecule has 0 saturated carbocycles. The third kappa shape index (κ3) is 4.31. The molecule has 3 N–H and O–H groups in total. The average Bonchev–Trinajstić information content (AvgIpc) is 2.49. The summed E-state index contributed by atoms with van der Waals surface area (Å²) in [6.07, 6.45) is 2.84. The molecule has 0 aliphatic carbocycles. The van der Waals surface area contributed by atoms with Gasteiger partial charge in [0.2, 0.25) is 0 Å². The van der Waals surface area contributed by atoms with E-state index in [4.69, 9.17) is 11.1 Å². The molecule has 0 bridgehead atoms. The van der Waals surface area contributed by atoms with Crippen molar-refractivity contribution in [3.05, 3.63) is 59.8 Å². The summed E-state index contributed by atoms with van der Waals surface area (Å²) in [5, 5.41) is 7.72. The van der Waals surface area contributed by atoms with Gasteiger partial charge in [0.05, 0.1) is 0 Å². The molecule has 1 aromatic heterocycles. The van der Waals surface area contributed by atoms with E-state index in [0.717, 1.165) is 37.3 Å². The Bertz CT molecular complexity index is 580. The van der Waals surface area contributed by atoms with Crippen molar-refractivity contribution in [2.45, 2.75) is 26.2 Å². The van der Waals surface area contributed by atoms with Gasteiger partial charge in [-0.15, -0.1) is 0 Å². The number of nitrogens with one attached hydrogen (secondary N) is 1. The molecular formula is C17H22N4. The molecule has 0 fully saturated rings. The molecule has 0 aliphatic rings. The van der Waals surface area contributed by atoms with Crippen LogP contribution in [0.4, 0.5) is 5.82 Å². The van der Waals surface area contributed by atoms with Crippen LogP contribution in [0.15, 0.2) is 48.5 Å². The van der Waals surface area contributed by atoms with E-state index in [9.17, 15) is 0 Å². The number of pyridine rings is 1. The zero-order valence-corrected chi connectivity index (χ0v) is 12.4. The van der Waals surface area contributed by atoms with Crippen molar-refractivity contribution in [2.75, 3.05) is 11.4 Å². The van der Waals surface area contributed by atoms with E-state index in [1.807, 2.05) is 36.4 Å². The predicted octanol–water partition coefficient (Wildman–Crippen LogP) is 3.17. The third-order valence-electron chi connectivity index (χ3n) is 3.32. The van der Waals surface area contributed by atoms with Crippen molar-refractivity contribution < 1.29 is 0 Å². The molecule has 4 heteroatoms. The number of aromatic nitrogens is 1. The largest absolute Gasteiger partial charge is 0.370 e. The number of hydrogen-bond donors (Lipinski definition) is 2. The van der Waals surface area contributed by atoms with E-state index >= 15 is 0 Å². The molecule has 110 valence electrons. The van der Waals surface area contributed by atoms with Gasteiger partial charge in [-0.2, -0.15) is 0 Å². The van der Waals surface area contributed by atoms with E-state index < -0.39 is 0 Å². The van der Waals surface area contributed by atoms with Gasteiger partial charge >= 0.3 is 0 Å². The van der Waals surface area contributed by atoms with Gasteiger partial charge in [0, 0.05) is 18.7 Å². The third-order valence-corrected chi connectivity index (χ3v) is 3.32. The zero-order chi connectivity index (χ0) is 15.1. The van der Waals surface area contributed by atoms with Crippen LogP contribution in [0.2, 0.25) is 0 Å². The zero-order valence-electron chi connectivity index (χ0n) is 12.4. The minimum Gasteiger partial charge on any atom is -0.370 e. The first-order chi connectivity index (χ1) is 10.2. The van der Waals surface area contributed by atoms with Crippen molar-refractivity contribution in [1.29, 1.82) is 5.41 Å². The van der Waals surface area contributed by atoms with Crippen molar-refractivity contribution in [2.24, 2.45) is 5.73 Å². The summed E-state index contributed by atoms with van der Waals surface area (Å²) < 4.78 is 0. The number of rotatable bonds is 6. The molecule has 0 spiro atoms. The van der Waals surface area contributed by atoms with Crippen molar-refractivity contribution in [1.82, 2.24) is 4.98 Å². The molecule has 0 amide bonds. The lowest BCUT2D eigenvalue weighted by Gasteiger charge is -2.21. The van der Waals surface area contributed by atoms with Crippen LogP contribution in [0.1, 0.15) is 31.0 Å². The summed E-state index contributed by atoms with van der Waals surface area (Å²) in [4.78, 5) is 6.41. The first-order valence-corrected chi connectivity index (χ1v) is 7.32. The normalized spacial score (nSPS) is 10.3. The van der Waals surface area contributed by atoms with Gasteiger partial charge < -0.3 is 5.73 Å². The summed E-state index contributed by atoms with van der Waals surface area (Å²) in [5.74, 6) is 0.803. The van der Waals surface area contributed by atoms with Crippen LogP contribution in [-0.4, -0.2) is 17.5 Å². The van der Waals surface area contributed by atoms with E-state index in [1.54, 1.807) is 4.90 Å². The molecule has 0 atom stereocenters. The van der Waals surface area contributed by atoms with Gasteiger partial charge in [-0.1, -0.05) is 49.7 Å². The Kier molecular flexibility index (Phi) is 5.32. The van der Waals surface area contributed by atoms with Crippen LogP contribution in [0.5, 0.6) is 0 Å². The van der Waals surface area contributed by atoms with Crippen LogP contribution < -0.4 is 10.6 Å². The van der Waals surface area contributed by atoms with Gasteiger partial charge in [-0.25, -0.2) is 4.98 Å². The lowest BCUT2D eigenvalue weighted by atomic mass is 10.1. The molecule has 2 aromatic rings. The van der Waals surface area contributed by atoms with Crippen LogP contribution in [0.25, 0.3) is 0 Å². The maximum absolute atomic E-state index is 7.72. The summed E-state index contributed by atoms with van der Waals surface area (Å²) in [6, 6.07) is 16.1. The van der Waals surface area contributed by atoms with Crippen LogP contribution in [0, 0.1) is 5.41 Å². The number of benzene rings is 1. The van der Waals surface area contributed by atoms with Crippen LogP contribution in [-0.2, 0) is 6.42 Å². The number of hydrogen-bond acceptors (Lipinski definition) is 2. The summed E-state index contributed by atoms with van der Waals surface area (Å²) in [6.45, 7) is 2.85. The van der Waals surface area contributed by atoms with E-state index in [0.29, 0.717) is 0 Å². The second-order valence-corrected chi connectivity index (χ2v) is 5.04. The van der Waals surface area contributed by atoms with Crippen LogP contribution in [0.3, 0.4) is 0 Å². The van der Waals surface area contributed by atoms with Gasteiger partial charge in [-0.05, 0) is 24.1 Å². The van der Waals surface area contributed by atoms with Crippen molar-refractivity contribution in [3.63, 3.8) is 0 Å². The molecule has 0 aliphatic heterocycles. The maximum Gasteiger partial charge on any atom is 0.194 e. The quantitative estimate of drug-likeness (QED) is 0.631. The molecule has 21 heavy (non-hydrogen) atoms. The molecular weight excluding hydrogens is 260 g/mol. The lowest BCUT2D eigenvalue weighted by molar-refractivity contribution is 0.783. The van der Waals surface area contributed by atoms with Gasteiger partial charge in [-0.3, -0.25) is 10.3 Å². The van der Waals surface area contributed by atoms with Gasteiger partial charge in [0.1, 0.15) is 5.82 Å². The highest BCUT2D eigenvalue weighted by molar-refractivity contribution is 5.91. The predicted molar refractivity (Wildman–Crippen MR) is 87.7 cm³/mol. The molecule has 1 heterocycles. The summed E-state index contributed by atoms with van der Waals surface area (Å²) in [7, 11) is 0. The number of unbranched alkanes of at least 4 members (excludes halogenated alkanes) is 1. The number of anilines is 1. The SMILES string of the molecule is CCCCN(C(=N)N)c1cccc(Cc2ccccc2)n1. The Morgan fingerprint density at radius 2 is 1.90 bits per heavy atom. The fourth-order valence-corrected chi connectivity index (χ4v) is 2.20. The number of nitrogens with zero attached hydrogens (tertiary/aromatic N) is 2. The van der Waals surface area contributed by atoms with Crippen molar-refractivity contribution in [3.8, 4) is 0 Å². The maximum atomic E-state index is 7.72. The van der Waals surface area contributed by atoms with Crippen molar-refractivity contribution >= 4 is 11.8 Å². The molecule has 0 saturated heterocycles. The van der Waals surface area contributed by atoms with E-state index in [-0.39, 0.29) is 5.96 Å². The number of guanidine groups is 1. The highest BCUT2D eigenvalue weighted by Gasteiger charge is 2.11. The first kappa shape index (κ1) is 15.0. The molecule has 0 unspecified atom stereocenters. The average molecular weight is 282 g/mol. The Labute approximate surface area is 126 Å². The van der Waals surface area contributed by atoms with E-state index in [2.05, 4.69) is 24.0 Å². The molecule has 4 nitrogen and oxygen atoms in total. The second-order valence-electron chi connectivity index (χ2n) is 5.04. The number of nitrogens with two attached hydrogens (primary N) is 1. The van der Waals surface area contributed by atoms with Crippen LogP contribution >= 0.6 is 0 Å². The smallest absolute Gasteiger partial charge is 0.194 e. The standard InChI is InChI=1S/C17H22N4/c1-2-3-12-21(17(18)19)16-11-7-10-15(20-16)13-14-8-5-4-6-9-14/h4-11H,2-3,12-13H2,1H3,(H3,18,19).